The van der Waals surface area contributed by atoms with E-state index in [0.29, 0.717) is 17.2 Å². The quantitative estimate of drug-likeness (QED) is 0.0358. The van der Waals surface area contributed by atoms with Crippen LogP contribution in [-0.4, -0.2) is 33.0 Å². The van der Waals surface area contributed by atoms with Crippen molar-refractivity contribution in [1.82, 2.24) is 10.1 Å². The summed E-state index contributed by atoms with van der Waals surface area (Å²) >= 11 is 0. The number of nitrogens with zero attached hydrogens (tertiary/aromatic N) is 3. The molecule has 0 saturated heterocycles. The van der Waals surface area contributed by atoms with Crippen molar-refractivity contribution in [2.45, 2.75) is 57.3 Å². The number of amides is 2. The highest BCUT2D eigenvalue weighted by atomic mass is 19.4. The summed E-state index contributed by atoms with van der Waals surface area (Å²) in [6, 6.07) is 14.4. The Balaban J connectivity index is 0.000000265. The van der Waals surface area contributed by atoms with Crippen LogP contribution in [0.2, 0.25) is 0 Å². The van der Waals surface area contributed by atoms with Gasteiger partial charge in [0.05, 0.1) is 22.3 Å². The molecular weight excluding hydrogens is 832 g/mol. The lowest BCUT2D eigenvalue weighted by Gasteiger charge is -2.14. The fraction of sp³-hybridized carbons (Fsp3) is 0.237. The zero-order chi connectivity index (χ0) is 44.6. The van der Waals surface area contributed by atoms with E-state index in [0.717, 1.165) is 48.5 Å². The molecule has 1 aromatic heterocycles. The lowest BCUT2D eigenvalue weighted by Crippen LogP contribution is -2.21. The normalized spacial score (nSPS) is 12.4. The molecule has 0 aliphatic heterocycles. The molecule has 0 fully saturated rings. The zero-order valence-electron chi connectivity index (χ0n) is 30.5. The number of hydrogen-bond donors (Lipinski definition) is 4. The third kappa shape index (κ3) is 12.9. The zero-order valence-corrected chi connectivity index (χ0v) is 30.5. The van der Waals surface area contributed by atoms with Crippen LogP contribution in [0.1, 0.15) is 57.7 Å². The Morgan fingerprint density at radius 2 is 1.08 bits per heavy atom. The average Bonchev–Trinajstić information content (AvgIpc) is 3.61. The predicted octanol–water partition coefficient (Wildman–Crippen LogP) is 10.0. The molecule has 0 radical (unpaired) electrons. The molecule has 0 saturated carbocycles. The largest absolute Gasteiger partial charge is 0.417 e. The van der Waals surface area contributed by atoms with E-state index in [-0.39, 0.29) is 54.3 Å². The fourth-order valence-corrected chi connectivity index (χ4v) is 5.28. The van der Waals surface area contributed by atoms with Gasteiger partial charge in [-0.25, -0.2) is 0 Å². The van der Waals surface area contributed by atoms with E-state index >= 15 is 0 Å². The molecular formula is C38H30F12N6O4. The number of carbonyl (C=O) groups excluding carboxylic acids is 2. The molecule has 5 N–H and O–H groups in total. The summed E-state index contributed by atoms with van der Waals surface area (Å²) < 4.78 is 160. The van der Waals surface area contributed by atoms with Crippen molar-refractivity contribution < 1.29 is 72.0 Å². The number of anilines is 2. The van der Waals surface area contributed by atoms with E-state index in [1.54, 1.807) is 0 Å². The van der Waals surface area contributed by atoms with Crippen LogP contribution < -0.4 is 16.4 Å². The first-order valence-corrected chi connectivity index (χ1v) is 17.0. The molecule has 5 rings (SSSR count). The van der Waals surface area contributed by atoms with Crippen LogP contribution in [-0.2, 0) is 47.1 Å². The first kappa shape index (κ1) is 46.1. The maximum atomic E-state index is 13.5. The first-order chi connectivity index (χ1) is 27.8. The van der Waals surface area contributed by atoms with Crippen molar-refractivity contribution >= 4 is 29.0 Å². The van der Waals surface area contributed by atoms with Gasteiger partial charge in [-0.05, 0) is 84.6 Å². The number of oxime groups is 1. The minimum atomic E-state index is -4.81. The highest BCUT2D eigenvalue weighted by Gasteiger charge is 2.36. The Morgan fingerprint density at radius 3 is 1.47 bits per heavy atom. The number of alkyl halides is 12. The van der Waals surface area contributed by atoms with Gasteiger partial charge >= 0.3 is 24.7 Å². The van der Waals surface area contributed by atoms with Gasteiger partial charge < -0.3 is 26.1 Å². The second-order valence-corrected chi connectivity index (χ2v) is 12.6. The maximum absolute atomic E-state index is 13.5. The van der Waals surface area contributed by atoms with E-state index in [9.17, 15) is 62.3 Å². The van der Waals surface area contributed by atoms with Gasteiger partial charge in [-0.1, -0.05) is 34.6 Å². The van der Waals surface area contributed by atoms with Gasteiger partial charge in [-0.15, -0.1) is 0 Å². The fourth-order valence-electron chi connectivity index (χ4n) is 5.28. The highest BCUT2D eigenvalue weighted by Crippen LogP contribution is 2.38. The summed E-state index contributed by atoms with van der Waals surface area (Å²) in [6.07, 6.45) is -18.5. The van der Waals surface area contributed by atoms with Crippen molar-refractivity contribution in [1.29, 1.82) is 0 Å². The summed E-state index contributed by atoms with van der Waals surface area (Å²) in [4.78, 5) is 27.9. The van der Waals surface area contributed by atoms with Gasteiger partial charge in [0.1, 0.15) is 0 Å². The summed E-state index contributed by atoms with van der Waals surface area (Å²) in [6.45, 7) is 1.44. The van der Waals surface area contributed by atoms with Gasteiger partial charge in [0.2, 0.25) is 23.5 Å². The van der Waals surface area contributed by atoms with E-state index in [4.69, 9.17) is 15.5 Å². The molecule has 1 heterocycles. The smallest absolute Gasteiger partial charge is 0.409 e. The van der Waals surface area contributed by atoms with Crippen LogP contribution in [0.4, 0.5) is 64.1 Å². The number of rotatable bonds is 10. The van der Waals surface area contributed by atoms with Crippen LogP contribution in [0.25, 0.3) is 11.4 Å². The Kier molecular flexibility index (Phi) is 14.2. The van der Waals surface area contributed by atoms with Gasteiger partial charge in [0, 0.05) is 42.3 Å². The molecule has 320 valence electrons. The Bertz CT molecular complexity index is 2300. The van der Waals surface area contributed by atoms with Crippen LogP contribution in [0, 0.1) is 6.92 Å². The highest BCUT2D eigenvalue weighted by molar-refractivity contribution is 5.99. The van der Waals surface area contributed by atoms with Crippen molar-refractivity contribution in [3.8, 4) is 11.4 Å². The molecule has 0 unspecified atom stereocenters. The SMILES string of the molecule is Cc1nc(-c2ccc(NC(=O)CCc3ccc(C(F)(F)F)cc3)cc2C(F)(F)F)no1.N/C(=N\O)c1ccc(NC(=O)CCc2ccc(C(F)(F)F)cc2)cc1C(F)(F)F. The molecule has 0 aliphatic rings. The van der Waals surface area contributed by atoms with Gasteiger partial charge in [-0.2, -0.15) is 57.7 Å². The van der Waals surface area contributed by atoms with Crippen LogP contribution in [0.5, 0.6) is 0 Å². The number of nitrogens with one attached hydrogen (secondary N) is 2. The molecule has 0 bridgehead atoms. The molecule has 5 aromatic rings. The van der Waals surface area contributed by atoms with Gasteiger partial charge in [0.15, 0.2) is 5.84 Å². The van der Waals surface area contributed by atoms with Crippen molar-refractivity contribution in [3.05, 3.63) is 130 Å². The topological polar surface area (TPSA) is 156 Å². The lowest BCUT2D eigenvalue weighted by atomic mass is 10.0. The third-order valence-electron chi connectivity index (χ3n) is 8.21. The maximum Gasteiger partial charge on any atom is 0.417 e. The molecule has 0 aliphatic carbocycles. The van der Waals surface area contributed by atoms with E-state index in [2.05, 4.69) is 25.9 Å². The molecule has 22 heteroatoms. The number of halogens is 12. The van der Waals surface area contributed by atoms with E-state index in [1.165, 1.54) is 37.3 Å². The standard InChI is InChI=1S/C20H15F6N3O2.C18H15F6N3O2/c1-11-27-18(29-31-11)15-8-7-14(10-16(15)20(24,25)26)28-17(30)9-4-12-2-5-13(6-3-12)19(21,22)23;19-17(20,21)11-4-1-10(2-5-11)3-8-15(28)26-12-6-7-13(16(25)27-29)14(9-12)18(22,23)24/h2-3,5-8,10H,4,9H2,1H3,(H,28,30);1-2,4-7,9,29H,3,8H2,(H2,25,27)(H,26,28). The molecule has 4 aromatic carbocycles. The summed E-state index contributed by atoms with van der Waals surface area (Å²) in [7, 11) is 0. The average molecular weight is 863 g/mol. The number of aryl methyl sites for hydroxylation is 3. The Hall–Kier alpha value is -6.61. The summed E-state index contributed by atoms with van der Waals surface area (Å²) in [5.74, 6) is -2.09. The second kappa shape index (κ2) is 18.5. The first-order valence-electron chi connectivity index (χ1n) is 17.0. The van der Waals surface area contributed by atoms with Crippen LogP contribution in [0.3, 0.4) is 0 Å². The number of amidine groups is 1. The molecule has 0 spiro atoms. The minimum absolute atomic E-state index is 0.0892. The monoisotopic (exact) mass is 862 g/mol. The number of hydrogen-bond acceptors (Lipinski definition) is 7. The summed E-state index contributed by atoms with van der Waals surface area (Å²) in [5, 5.41) is 19.3. The van der Waals surface area contributed by atoms with Crippen molar-refractivity contribution in [2.24, 2.45) is 10.9 Å². The number of aromatic nitrogens is 2. The number of benzene rings is 4. The molecule has 10 nitrogen and oxygen atoms in total. The summed E-state index contributed by atoms with van der Waals surface area (Å²) in [5.41, 5.74) is 1.20. The van der Waals surface area contributed by atoms with Crippen LogP contribution in [0.15, 0.2) is 94.6 Å². The Labute approximate surface area is 331 Å². The molecule has 0 atom stereocenters. The molecule has 60 heavy (non-hydrogen) atoms. The second-order valence-electron chi connectivity index (χ2n) is 12.6. The number of carbonyl (C=O) groups is 2. The van der Waals surface area contributed by atoms with Gasteiger partial charge in [-0.3, -0.25) is 9.59 Å². The van der Waals surface area contributed by atoms with Gasteiger partial charge in [0.25, 0.3) is 0 Å². The third-order valence-corrected chi connectivity index (χ3v) is 8.21. The van der Waals surface area contributed by atoms with Crippen LogP contribution >= 0.6 is 0 Å². The van der Waals surface area contributed by atoms with E-state index < -0.39 is 70.2 Å². The van der Waals surface area contributed by atoms with Crippen molar-refractivity contribution in [2.75, 3.05) is 10.6 Å². The number of nitrogens with two attached hydrogens (primary N) is 1. The Morgan fingerprint density at radius 1 is 0.650 bits per heavy atom. The molecule has 2 amide bonds. The predicted molar refractivity (Wildman–Crippen MR) is 190 cm³/mol. The van der Waals surface area contributed by atoms with E-state index in [1.807, 2.05) is 0 Å². The lowest BCUT2D eigenvalue weighted by molar-refractivity contribution is -0.138. The minimum Gasteiger partial charge on any atom is -0.409 e. The van der Waals surface area contributed by atoms with Crippen molar-refractivity contribution in [3.63, 3.8) is 0 Å².